The number of benzene rings is 1. The number of amides is 2. The highest BCUT2D eigenvalue weighted by Gasteiger charge is 2.29. The minimum absolute atomic E-state index is 0.0208. The maximum Gasteiger partial charge on any atom is 0.262 e. The van der Waals surface area contributed by atoms with Gasteiger partial charge in [-0.3, -0.25) is 20.4 Å². The van der Waals surface area contributed by atoms with Gasteiger partial charge < -0.3 is 9.47 Å². The van der Waals surface area contributed by atoms with Gasteiger partial charge in [-0.25, -0.2) is 8.42 Å². The lowest BCUT2D eigenvalue weighted by molar-refractivity contribution is -0.127. The zero-order valence-corrected chi connectivity index (χ0v) is 17.8. The Morgan fingerprint density at radius 1 is 1.24 bits per heavy atom. The molecule has 0 aliphatic carbocycles. The van der Waals surface area contributed by atoms with E-state index in [0.29, 0.717) is 30.4 Å². The topological polar surface area (TPSA) is 111 Å². The van der Waals surface area contributed by atoms with E-state index >= 15 is 0 Å². The molecule has 0 radical (unpaired) electrons. The van der Waals surface area contributed by atoms with Crippen LogP contribution in [0.15, 0.2) is 24.3 Å². The summed E-state index contributed by atoms with van der Waals surface area (Å²) in [5.74, 6) is 0.598. The second-order valence-corrected chi connectivity index (χ2v) is 9.69. The summed E-state index contributed by atoms with van der Waals surface area (Å²) in [5.41, 5.74) is 5.32. The largest absolute Gasteiger partial charge is 0.493 e. The van der Waals surface area contributed by atoms with Crippen LogP contribution in [0.4, 0.5) is 0 Å². The highest BCUT2D eigenvalue weighted by Crippen LogP contribution is 2.29. The molecule has 1 aromatic carbocycles. The average Bonchev–Trinajstić information content (AvgIpc) is 3.01. The monoisotopic (exact) mass is 424 g/mol. The summed E-state index contributed by atoms with van der Waals surface area (Å²) < 4.78 is 33.8. The van der Waals surface area contributed by atoms with Crippen LogP contribution < -0.4 is 20.3 Å². The van der Waals surface area contributed by atoms with Crippen molar-refractivity contribution in [1.82, 2.24) is 10.9 Å². The Balaban J connectivity index is 1.83. The third-order valence-electron chi connectivity index (χ3n) is 4.31. The molecule has 1 saturated heterocycles. The van der Waals surface area contributed by atoms with E-state index in [2.05, 4.69) is 24.7 Å². The third kappa shape index (κ3) is 7.77. The highest BCUT2D eigenvalue weighted by molar-refractivity contribution is 7.91. The number of ether oxygens (including phenoxy) is 2. The molecular formula is C20H28N2O6S. The number of rotatable bonds is 8. The van der Waals surface area contributed by atoms with Crippen molar-refractivity contribution < 1.29 is 27.5 Å². The number of nitrogens with one attached hydrogen (secondary N) is 2. The predicted octanol–water partition coefficient (Wildman–Crippen LogP) is 1.72. The van der Waals surface area contributed by atoms with Gasteiger partial charge in [-0.2, -0.15) is 0 Å². The summed E-state index contributed by atoms with van der Waals surface area (Å²) >= 11 is 0. The van der Waals surface area contributed by atoms with Crippen molar-refractivity contribution in [1.29, 1.82) is 0 Å². The molecule has 1 aromatic rings. The molecule has 29 heavy (non-hydrogen) atoms. The first kappa shape index (κ1) is 22.7. The molecule has 2 amide bonds. The molecule has 1 aliphatic heterocycles. The Kier molecular flexibility index (Phi) is 8.07. The third-order valence-corrected chi connectivity index (χ3v) is 6.15. The van der Waals surface area contributed by atoms with Crippen LogP contribution in [-0.2, 0) is 19.4 Å². The summed E-state index contributed by atoms with van der Waals surface area (Å²) in [6.45, 7) is 4.67. The van der Waals surface area contributed by atoms with Gasteiger partial charge in [0, 0.05) is 12.5 Å². The van der Waals surface area contributed by atoms with E-state index in [4.69, 9.17) is 9.47 Å². The molecule has 2 rings (SSSR count). The van der Waals surface area contributed by atoms with Crippen molar-refractivity contribution >= 4 is 27.7 Å². The van der Waals surface area contributed by atoms with Crippen molar-refractivity contribution in [3.8, 4) is 11.5 Å². The van der Waals surface area contributed by atoms with E-state index in [9.17, 15) is 18.0 Å². The second kappa shape index (κ2) is 10.3. The van der Waals surface area contributed by atoms with Crippen molar-refractivity contribution in [2.24, 2.45) is 11.8 Å². The van der Waals surface area contributed by atoms with E-state index in [1.54, 1.807) is 31.4 Å². The Hall–Kier alpha value is -2.55. The van der Waals surface area contributed by atoms with Gasteiger partial charge in [-0.1, -0.05) is 19.9 Å². The van der Waals surface area contributed by atoms with Crippen LogP contribution in [0.2, 0.25) is 0 Å². The number of hydrogen-bond acceptors (Lipinski definition) is 6. The first-order chi connectivity index (χ1) is 13.7. The first-order valence-corrected chi connectivity index (χ1v) is 11.3. The lowest BCUT2D eigenvalue weighted by Gasteiger charge is -2.12. The van der Waals surface area contributed by atoms with Gasteiger partial charge in [0.15, 0.2) is 21.3 Å². The molecule has 8 nitrogen and oxygen atoms in total. The number of carbonyl (C=O) groups is 2. The number of carbonyl (C=O) groups excluding carboxylic acids is 2. The molecule has 0 saturated carbocycles. The van der Waals surface area contributed by atoms with E-state index in [1.165, 1.54) is 6.08 Å². The summed E-state index contributed by atoms with van der Waals surface area (Å²) in [6.07, 6.45) is 3.41. The Morgan fingerprint density at radius 2 is 2.00 bits per heavy atom. The normalized spacial score (nSPS) is 18.0. The lowest BCUT2D eigenvalue weighted by atomic mass is 10.1. The molecule has 1 heterocycles. The molecule has 9 heteroatoms. The number of hydrogen-bond donors (Lipinski definition) is 2. The van der Waals surface area contributed by atoms with E-state index in [-0.39, 0.29) is 23.8 Å². The Labute approximate surface area is 171 Å². The standard InChI is InChI=1S/C20H28N2O6S/c1-14(2)12-28-17-6-4-15(10-18(17)27-3)5-7-19(23)21-22-20(24)11-16-8-9-29(25,26)13-16/h4-7,10,14,16H,8-9,11-13H2,1-3H3,(H,21,23)(H,22,24)/b7-5+/t16-/m1/s1. The fourth-order valence-electron chi connectivity index (χ4n) is 2.85. The average molecular weight is 425 g/mol. The smallest absolute Gasteiger partial charge is 0.262 e. The van der Waals surface area contributed by atoms with E-state index in [1.807, 2.05) is 0 Å². The van der Waals surface area contributed by atoms with Crippen LogP contribution in [0.1, 0.15) is 32.3 Å². The van der Waals surface area contributed by atoms with Crippen LogP contribution in [0.5, 0.6) is 11.5 Å². The predicted molar refractivity (Wildman–Crippen MR) is 110 cm³/mol. The number of methoxy groups -OCH3 is 1. The van der Waals surface area contributed by atoms with E-state index < -0.39 is 21.7 Å². The minimum atomic E-state index is -3.03. The molecule has 1 fully saturated rings. The maximum atomic E-state index is 11.9. The highest BCUT2D eigenvalue weighted by atomic mass is 32.2. The van der Waals surface area contributed by atoms with Gasteiger partial charge >= 0.3 is 0 Å². The fourth-order valence-corrected chi connectivity index (χ4v) is 4.72. The van der Waals surface area contributed by atoms with Crippen LogP contribution in [0.3, 0.4) is 0 Å². The van der Waals surface area contributed by atoms with Crippen LogP contribution in [0, 0.1) is 11.8 Å². The Morgan fingerprint density at radius 3 is 2.62 bits per heavy atom. The van der Waals surface area contributed by atoms with Gasteiger partial charge in [-0.15, -0.1) is 0 Å². The summed E-state index contributed by atoms with van der Waals surface area (Å²) in [4.78, 5) is 23.7. The molecule has 1 atom stereocenters. The van der Waals surface area contributed by atoms with Crippen LogP contribution in [0.25, 0.3) is 6.08 Å². The van der Waals surface area contributed by atoms with Gasteiger partial charge in [0.2, 0.25) is 5.91 Å². The van der Waals surface area contributed by atoms with Gasteiger partial charge in [0.25, 0.3) is 5.91 Å². The lowest BCUT2D eigenvalue weighted by Crippen LogP contribution is -2.41. The van der Waals surface area contributed by atoms with Crippen LogP contribution in [-0.4, -0.2) is 45.5 Å². The van der Waals surface area contributed by atoms with Gasteiger partial charge in [0.1, 0.15) is 0 Å². The summed E-state index contributed by atoms with van der Waals surface area (Å²) in [6, 6.07) is 5.32. The fraction of sp³-hybridized carbons (Fsp3) is 0.500. The molecule has 160 valence electrons. The molecule has 1 aliphatic rings. The quantitative estimate of drug-likeness (QED) is 0.486. The molecule has 0 bridgehead atoms. The Bertz CT molecular complexity index is 864. The number of sulfone groups is 1. The van der Waals surface area contributed by atoms with Crippen LogP contribution >= 0.6 is 0 Å². The number of hydrazine groups is 1. The van der Waals surface area contributed by atoms with Crippen molar-refractivity contribution in [2.45, 2.75) is 26.7 Å². The second-order valence-electron chi connectivity index (χ2n) is 7.46. The van der Waals surface area contributed by atoms with Gasteiger partial charge in [0.05, 0.1) is 25.2 Å². The van der Waals surface area contributed by atoms with Crippen molar-refractivity contribution in [2.75, 3.05) is 25.2 Å². The maximum absolute atomic E-state index is 11.9. The molecular weight excluding hydrogens is 396 g/mol. The summed E-state index contributed by atoms with van der Waals surface area (Å²) in [5, 5.41) is 0. The van der Waals surface area contributed by atoms with Gasteiger partial charge in [-0.05, 0) is 42.0 Å². The molecule has 2 N–H and O–H groups in total. The molecule has 0 unspecified atom stereocenters. The zero-order valence-electron chi connectivity index (χ0n) is 16.9. The minimum Gasteiger partial charge on any atom is -0.493 e. The zero-order chi connectivity index (χ0) is 21.4. The molecule has 0 aromatic heterocycles. The molecule has 0 spiro atoms. The first-order valence-electron chi connectivity index (χ1n) is 9.46. The van der Waals surface area contributed by atoms with Crippen molar-refractivity contribution in [3.05, 3.63) is 29.8 Å². The summed E-state index contributed by atoms with van der Waals surface area (Å²) in [7, 11) is -1.48. The van der Waals surface area contributed by atoms with Crippen molar-refractivity contribution in [3.63, 3.8) is 0 Å². The SMILES string of the molecule is COc1cc(/C=C/C(=O)NNC(=O)C[C@H]2CCS(=O)(=O)C2)ccc1OCC(C)C. The van der Waals surface area contributed by atoms with E-state index in [0.717, 1.165) is 5.56 Å².